The molecule has 3 heteroatoms. The van der Waals surface area contributed by atoms with E-state index in [9.17, 15) is 0 Å². The van der Waals surface area contributed by atoms with Gasteiger partial charge in [0.15, 0.2) is 0 Å². The van der Waals surface area contributed by atoms with Crippen LogP contribution in [0.15, 0.2) is 47.1 Å². The van der Waals surface area contributed by atoms with Gasteiger partial charge in [0.2, 0.25) is 0 Å². The summed E-state index contributed by atoms with van der Waals surface area (Å²) in [4.78, 5) is 4.43. The van der Waals surface area contributed by atoms with Gasteiger partial charge in [-0.15, -0.1) is 0 Å². The molecule has 1 unspecified atom stereocenters. The van der Waals surface area contributed by atoms with Gasteiger partial charge in [0.25, 0.3) is 0 Å². The molecule has 0 saturated carbocycles. The zero-order valence-electron chi connectivity index (χ0n) is 11.6. The molecule has 20 heavy (non-hydrogen) atoms. The summed E-state index contributed by atoms with van der Waals surface area (Å²) < 4.78 is 1.18. The van der Waals surface area contributed by atoms with E-state index in [0.29, 0.717) is 12.1 Å². The van der Waals surface area contributed by atoms with Gasteiger partial charge >= 0.3 is 0 Å². The second kappa shape index (κ2) is 6.06. The number of nitrogens with zero attached hydrogens (tertiary/aromatic N) is 1. The number of benzene rings is 1. The van der Waals surface area contributed by atoms with E-state index < -0.39 is 0 Å². The van der Waals surface area contributed by atoms with Crippen molar-refractivity contribution < 1.29 is 0 Å². The van der Waals surface area contributed by atoms with E-state index in [-0.39, 0.29) is 0 Å². The third kappa shape index (κ3) is 3.10. The first-order valence-electron chi connectivity index (χ1n) is 7.16. The van der Waals surface area contributed by atoms with E-state index in [1.807, 2.05) is 18.3 Å². The van der Waals surface area contributed by atoms with Crippen LogP contribution in [-0.2, 0) is 12.8 Å². The van der Waals surface area contributed by atoms with Crippen LogP contribution in [0.5, 0.6) is 0 Å². The van der Waals surface area contributed by atoms with Crippen molar-refractivity contribution in [1.82, 2.24) is 10.3 Å². The molecule has 2 atom stereocenters. The molecule has 0 fully saturated rings. The van der Waals surface area contributed by atoms with Crippen LogP contribution in [0.2, 0.25) is 0 Å². The number of rotatable bonds is 3. The highest BCUT2D eigenvalue weighted by molar-refractivity contribution is 9.10. The summed E-state index contributed by atoms with van der Waals surface area (Å²) >= 11 is 3.55. The molecular formula is C17H19BrN2. The number of hydrogen-bond donors (Lipinski definition) is 1. The molecule has 2 aromatic rings. The van der Waals surface area contributed by atoms with Crippen molar-refractivity contribution in [3.63, 3.8) is 0 Å². The molecule has 0 aliphatic heterocycles. The van der Waals surface area contributed by atoms with Crippen molar-refractivity contribution in [2.45, 2.75) is 38.3 Å². The predicted octanol–water partition coefficient (Wildman–Crippen LogP) is 4.05. The largest absolute Gasteiger partial charge is 0.306 e. The topological polar surface area (TPSA) is 24.9 Å². The Morgan fingerprint density at radius 1 is 1.25 bits per heavy atom. The minimum Gasteiger partial charge on any atom is -0.306 e. The lowest BCUT2D eigenvalue weighted by Crippen LogP contribution is -2.36. The molecule has 1 aliphatic rings. The summed E-state index contributed by atoms with van der Waals surface area (Å²) in [5, 5.41) is 3.72. The Bertz CT molecular complexity index is 583. The second-order valence-electron chi connectivity index (χ2n) is 5.50. The number of halogens is 1. The van der Waals surface area contributed by atoms with Crippen molar-refractivity contribution in [3.8, 4) is 0 Å². The molecule has 0 radical (unpaired) electrons. The SMILES string of the molecule is C[C@@H](NC1CCc2cc(Br)ccc2C1)c1ccccn1. The Labute approximate surface area is 128 Å². The van der Waals surface area contributed by atoms with Crippen LogP contribution in [0.1, 0.15) is 36.2 Å². The molecule has 0 bridgehead atoms. The van der Waals surface area contributed by atoms with Gasteiger partial charge in [-0.2, -0.15) is 0 Å². The fourth-order valence-electron chi connectivity index (χ4n) is 2.94. The summed E-state index contributed by atoms with van der Waals surface area (Å²) in [6, 6.07) is 13.6. The van der Waals surface area contributed by atoms with Crippen LogP contribution in [0.3, 0.4) is 0 Å². The van der Waals surface area contributed by atoms with E-state index in [0.717, 1.165) is 18.5 Å². The summed E-state index contributed by atoms with van der Waals surface area (Å²) in [6.07, 6.45) is 5.32. The van der Waals surface area contributed by atoms with Crippen LogP contribution >= 0.6 is 15.9 Å². The van der Waals surface area contributed by atoms with E-state index in [1.54, 1.807) is 0 Å². The van der Waals surface area contributed by atoms with Crippen molar-refractivity contribution in [2.24, 2.45) is 0 Å². The van der Waals surface area contributed by atoms with E-state index >= 15 is 0 Å². The van der Waals surface area contributed by atoms with E-state index in [1.165, 1.54) is 22.0 Å². The van der Waals surface area contributed by atoms with Crippen LogP contribution in [0, 0.1) is 0 Å². The lowest BCUT2D eigenvalue weighted by atomic mass is 9.88. The number of hydrogen-bond acceptors (Lipinski definition) is 2. The molecule has 1 aliphatic carbocycles. The maximum Gasteiger partial charge on any atom is 0.0570 e. The minimum atomic E-state index is 0.304. The average molecular weight is 331 g/mol. The highest BCUT2D eigenvalue weighted by Gasteiger charge is 2.20. The highest BCUT2D eigenvalue weighted by Crippen LogP contribution is 2.26. The van der Waals surface area contributed by atoms with E-state index in [2.05, 4.69) is 57.4 Å². The Kier molecular flexibility index (Phi) is 4.18. The van der Waals surface area contributed by atoms with Crippen molar-refractivity contribution >= 4 is 15.9 Å². The van der Waals surface area contributed by atoms with Gasteiger partial charge in [-0.05, 0) is 61.6 Å². The molecule has 1 aromatic heterocycles. The number of fused-ring (bicyclic) bond motifs is 1. The van der Waals surface area contributed by atoms with Gasteiger partial charge in [0.05, 0.1) is 5.69 Å². The summed E-state index contributed by atoms with van der Waals surface area (Å²) in [6.45, 7) is 2.19. The van der Waals surface area contributed by atoms with Crippen LogP contribution in [0.25, 0.3) is 0 Å². The number of aromatic nitrogens is 1. The van der Waals surface area contributed by atoms with Gasteiger partial charge < -0.3 is 5.32 Å². The van der Waals surface area contributed by atoms with Crippen molar-refractivity contribution in [1.29, 1.82) is 0 Å². The van der Waals surface area contributed by atoms with Gasteiger partial charge in [-0.3, -0.25) is 4.98 Å². The quantitative estimate of drug-likeness (QED) is 0.918. The van der Waals surface area contributed by atoms with Gasteiger partial charge in [0.1, 0.15) is 0 Å². The van der Waals surface area contributed by atoms with Crippen LogP contribution < -0.4 is 5.32 Å². The molecule has 2 nitrogen and oxygen atoms in total. The first kappa shape index (κ1) is 13.8. The maximum absolute atomic E-state index is 4.43. The Balaban J connectivity index is 1.67. The zero-order chi connectivity index (χ0) is 13.9. The Hall–Kier alpha value is -1.19. The first-order valence-corrected chi connectivity index (χ1v) is 7.96. The molecule has 1 aromatic carbocycles. The lowest BCUT2D eigenvalue weighted by Gasteiger charge is -2.28. The summed E-state index contributed by atoms with van der Waals surface area (Å²) in [5.41, 5.74) is 4.09. The monoisotopic (exact) mass is 330 g/mol. The van der Waals surface area contributed by atoms with Crippen LogP contribution in [-0.4, -0.2) is 11.0 Å². The Morgan fingerprint density at radius 3 is 2.95 bits per heavy atom. The maximum atomic E-state index is 4.43. The fourth-order valence-corrected chi connectivity index (χ4v) is 3.35. The lowest BCUT2D eigenvalue weighted by molar-refractivity contribution is 0.409. The molecule has 0 saturated heterocycles. The molecule has 0 amide bonds. The number of pyridine rings is 1. The van der Waals surface area contributed by atoms with Crippen molar-refractivity contribution in [3.05, 3.63) is 63.9 Å². The molecule has 104 valence electrons. The smallest absolute Gasteiger partial charge is 0.0570 e. The number of aryl methyl sites for hydroxylation is 1. The van der Waals surface area contributed by atoms with Crippen LogP contribution in [0.4, 0.5) is 0 Å². The van der Waals surface area contributed by atoms with Gasteiger partial charge in [0, 0.05) is 22.8 Å². The fraction of sp³-hybridized carbons (Fsp3) is 0.353. The third-order valence-corrected chi connectivity index (χ3v) is 4.51. The predicted molar refractivity (Wildman–Crippen MR) is 85.7 cm³/mol. The molecule has 0 spiro atoms. The summed E-state index contributed by atoms with van der Waals surface area (Å²) in [5.74, 6) is 0. The average Bonchev–Trinajstić information content (AvgIpc) is 2.48. The summed E-state index contributed by atoms with van der Waals surface area (Å²) in [7, 11) is 0. The van der Waals surface area contributed by atoms with Gasteiger partial charge in [-0.25, -0.2) is 0 Å². The molecular weight excluding hydrogens is 312 g/mol. The highest BCUT2D eigenvalue weighted by atomic mass is 79.9. The standard InChI is InChI=1S/C17H19BrN2/c1-12(17-4-2-3-9-19-17)20-16-8-6-13-10-15(18)7-5-14(13)11-16/h2-5,7,9-10,12,16,20H,6,8,11H2,1H3/t12-,16?/m1/s1. The number of nitrogens with one attached hydrogen (secondary N) is 1. The first-order chi connectivity index (χ1) is 9.72. The Morgan fingerprint density at radius 2 is 2.15 bits per heavy atom. The third-order valence-electron chi connectivity index (χ3n) is 4.01. The molecule has 3 rings (SSSR count). The zero-order valence-corrected chi connectivity index (χ0v) is 13.2. The van der Waals surface area contributed by atoms with Crippen molar-refractivity contribution in [2.75, 3.05) is 0 Å². The molecule has 1 heterocycles. The normalized spacial score (nSPS) is 19.4. The second-order valence-corrected chi connectivity index (χ2v) is 6.41. The molecule has 1 N–H and O–H groups in total. The minimum absolute atomic E-state index is 0.304. The van der Waals surface area contributed by atoms with Gasteiger partial charge in [-0.1, -0.05) is 28.1 Å². The van der Waals surface area contributed by atoms with E-state index in [4.69, 9.17) is 0 Å².